The van der Waals surface area contributed by atoms with E-state index < -0.39 is 0 Å². The third kappa shape index (κ3) is 3.51. The Hall–Kier alpha value is -1.06. The average molecular weight is 241 g/mol. The molecular formula is C12H17ClN2O. The Bertz CT molecular complexity index is 379. The summed E-state index contributed by atoms with van der Waals surface area (Å²) in [7, 11) is 1.83. The molecule has 0 aliphatic heterocycles. The summed E-state index contributed by atoms with van der Waals surface area (Å²) in [5.74, 6) is -0.0418. The molecule has 0 saturated carbocycles. The quantitative estimate of drug-likeness (QED) is 0.849. The summed E-state index contributed by atoms with van der Waals surface area (Å²) in [5, 5.41) is 6.54. The fourth-order valence-electron chi connectivity index (χ4n) is 1.42. The number of benzene rings is 1. The molecule has 0 aliphatic carbocycles. The van der Waals surface area contributed by atoms with Crippen LogP contribution < -0.4 is 10.6 Å². The molecule has 1 rings (SSSR count). The van der Waals surface area contributed by atoms with Crippen LogP contribution in [0.5, 0.6) is 0 Å². The number of aryl methyl sites for hydroxylation is 1. The maximum Gasteiger partial charge on any atom is 0.228 e. The highest BCUT2D eigenvalue weighted by Gasteiger charge is 2.12. The summed E-state index contributed by atoms with van der Waals surface area (Å²) in [6.45, 7) is 4.47. The van der Waals surface area contributed by atoms with Gasteiger partial charge < -0.3 is 10.6 Å². The first kappa shape index (κ1) is 13.0. The van der Waals surface area contributed by atoms with Crippen LogP contribution in [0.15, 0.2) is 18.2 Å². The Labute approximate surface area is 101 Å². The van der Waals surface area contributed by atoms with E-state index in [4.69, 9.17) is 11.6 Å². The van der Waals surface area contributed by atoms with E-state index in [1.807, 2.05) is 33.0 Å². The van der Waals surface area contributed by atoms with Gasteiger partial charge >= 0.3 is 0 Å². The molecule has 0 aromatic heterocycles. The van der Waals surface area contributed by atoms with Gasteiger partial charge in [-0.2, -0.15) is 0 Å². The molecule has 0 heterocycles. The normalized spacial score (nSPS) is 12.2. The van der Waals surface area contributed by atoms with Crippen molar-refractivity contribution in [3.05, 3.63) is 28.8 Å². The number of carbonyl (C=O) groups is 1. The summed E-state index contributed by atoms with van der Waals surface area (Å²) in [5.41, 5.74) is 1.79. The molecule has 0 radical (unpaired) electrons. The molecule has 16 heavy (non-hydrogen) atoms. The van der Waals surface area contributed by atoms with Crippen molar-refractivity contribution >= 4 is 23.2 Å². The zero-order chi connectivity index (χ0) is 12.1. The van der Waals surface area contributed by atoms with E-state index in [1.165, 1.54) is 0 Å². The standard InChI is InChI=1S/C12H17ClN2O/c1-8-6-10(13)4-5-11(8)15-12(16)9(2)7-14-3/h4-6,9,14H,7H2,1-3H3,(H,15,16). The van der Waals surface area contributed by atoms with Crippen molar-refractivity contribution in [2.24, 2.45) is 5.92 Å². The number of nitrogens with one attached hydrogen (secondary N) is 2. The third-order valence-corrected chi connectivity index (χ3v) is 2.64. The van der Waals surface area contributed by atoms with E-state index in [9.17, 15) is 4.79 Å². The van der Waals surface area contributed by atoms with E-state index in [0.29, 0.717) is 11.6 Å². The number of carbonyl (C=O) groups excluding carboxylic acids is 1. The maximum atomic E-state index is 11.8. The fourth-order valence-corrected chi connectivity index (χ4v) is 1.65. The number of rotatable bonds is 4. The van der Waals surface area contributed by atoms with Gasteiger partial charge in [-0.1, -0.05) is 18.5 Å². The number of hydrogen-bond acceptors (Lipinski definition) is 2. The second-order valence-electron chi connectivity index (χ2n) is 3.91. The summed E-state index contributed by atoms with van der Waals surface area (Å²) < 4.78 is 0. The minimum Gasteiger partial charge on any atom is -0.326 e. The molecule has 1 unspecified atom stereocenters. The van der Waals surface area contributed by atoms with Crippen LogP contribution >= 0.6 is 11.6 Å². The van der Waals surface area contributed by atoms with Crippen molar-refractivity contribution < 1.29 is 4.79 Å². The molecule has 1 aromatic rings. The first-order valence-electron chi connectivity index (χ1n) is 5.26. The number of amides is 1. The van der Waals surface area contributed by atoms with Crippen LogP contribution in [0, 0.1) is 12.8 Å². The van der Waals surface area contributed by atoms with Crippen LogP contribution in [0.3, 0.4) is 0 Å². The minimum atomic E-state index is -0.0555. The first-order chi connectivity index (χ1) is 7.54. The predicted molar refractivity (Wildman–Crippen MR) is 67.9 cm³/mol. The summed E-state index contributed by atoms with van der Waals surface area (Å²) in [4.78, 5) is 11.8. The van der Waals surface area contributed by atoms with Gasteiger partial charge in [0.25, 0.3) is 0 Å². The van der Waals surface area contributed by atoms with E-state index in [1.54, 1.807) is 6.07 Å². The molecule has 0 bridgehead atoms. The Morgan fingerprint density at radius 3 is 2.75 bits per heavy atom. The zero-order valence-corrected chi connectivity index (χ0v) is 10.6. The van der Waals surface area contributed by atoms with Crippen LogP contribution in [0.25, 0.3) is 0 Å². The maximum absolute atomic E-state index is 11.8. The Balaban J connectivity index is 2.69. The lowest BCUT2D eigenvalue weighted by molar-refractivity contribution is -0.119. The largest absolute Gasteiger partial charge is 0.326 e. The van der Waals surface area contributed by atoms with Crippen molar-refractivity contribution in [3.8, 4) is 0 Å². The molecule has 1 aromatic carbocycles. The monoisotopic (exact) mass is 240 g/mol. The van der Waals surface area contributed by atoms with Gasteiger partial charge in [-0.25, -0.2) is 0 Å². The minimum absolute atomic E-state index is 0.0137. The van der Waals surface area contributed by atoms with Gasteiger partial charge in [0.2, 0.25) is 5.91 Å². The van der Waals surface area contributed by atoms with E-state index in [0.717, 1.165) is 11.3 Å². The molecule has 88 valence electrons. The summed E-state index contributed by atoms with van der Waals surface area (Å²) >= 11 is 5.84. The van der Waals surface area contributed by atoms with Gasteiger partial charge in [-0.3, -0.25) is 4.79 Å². The Morgan fingerprint density at radius 1 is 1.50 bits per heavy atom. The van der Waals surface area contributed by atoms with Gasteiger partial charge in [-0.15, -0.1) is 0 Å². The van der Waals surface area contributed by atoms with Crippen LogP contribution in [-0.4, -0.2) is 19.5 Å². The molecule has 1 amide bonds. The van der Waals surface area contributed by atoms with E-state index in [-0.39, 0.29) is 11.8 Å². The Kier molecular flexibility index (Phi) is 4.77. The summed E-state index contributed by atoms with van der Waals surface area (Å²) in [6, 6.07) is 5.43. The second-order valence-corrected chi connectivity index (χ2v) is 4.34. The Morgan fingerprint density at radius 2 is 2.19 bits per heavy atom. The van der Waals surface area contributed by atoms with Gasteiger partial charge in [0, 0.05) is 23.2 Å². The molecule has 1 atom stereocenters. The second kappa shape index (κ2) is 5.87. The molecule has 0 spiro atoms. The van der Waals surface area contributed by atoms with Crippen LogP contribution in [0.4, 0.5) is 5.69 Å². The number of halogens is 1. The van der Waals surface area contributed by atoms with Crippen LogP contribution in [0.2, 0.25) is 5.02 Å². The topological polar surface area (TPSA) is 41.1 Å². The lowest BCUT2D eigenvalue weighted by Gasteiger charge is -2.13. The molecule has 0 aliphatic rings. The third-order valence-electron chi connectivity index (χ3n) is 2.40. The van der Waals surface area contributed by atoms with Gasteiger partial charge in [0.05, 0.1) is 0 Å². The lowest BCUT2D eigenvalue weighted by atomic mass is 10.1. The fraction of sp³-hybridized carbons (Fsp3) is 0.417. The van der Waals surface area contributed by atoms with E-state index >= 15 is 0 Å². The predicted octanol–water partition coefficient (Wildman–Crippen LogP) is 2.44. The number of anilines is 1. The van der Waals surface area contributed by atoms with Crippen molar-refractivity contribution in [1.29, 1.82) is 0 Å². The molecule has 3 nitrogen and oxygen atoms in total. The highest BCUT2D eigenvalue weighted by atomic mass is 35.5. The highest BCUT2D eigenvalue weighted by molar-refractivity contribution is 6.30. The van der Waals surface area contributed by atoms with Crippen molar-refractivity contribution in [2.75, 3.05) is 18.9 Å². The van der Waals surface area contributed by atoms with Crippen molar-refractivity contribution in [2.45, 2.75) is 13.8 Å². The first-order valence-corrected chi connectivity index (χ1v) is 5.64. The van der Waals surface area contributed by atoms with Gasteiger partial charge in [0.1, 0.15) is 0 Å². The molecule has 2 N–H and O–H groups in total. The average Bonchev–Trinajstić information content (AvgIpc) is 2.22. The van der Waals surface area contributed by atoms with Crippen LogP contribution in [-0.2, 0) is 4.79 Å². The smallest absolute Gasteiger partial charge is 0.228 e. The highest BCUT2D eigenvalue weighted by Crippen LogP contribution is 2.19. The van der Waals surface area contributed by atoms with E-state index in [2.05, 4.69) is 10.6 Å². The SMILES string of the molecule is CNCC(C)C(=O)Nc1ccc(Cl)cc1C. The van der Waals surface area contributed by atoms with Crippen molar-refractivity contribution in [1.82, 2.24) is 5.32 Å². The molecule has 4 heteroatoms. The van der Waals surface area contributed by atoms with Crippen LogP contribution in [0.1, 0.15) is 12.5 Å². The molecule has 0 saturated heterocycles. The van der Waals surface area contributed by atoms with Crippen molar-refractivity contribution in [3.63, 3.8) is 0 Å². The molecular weight excluding hydrogens is 224 g/mol. The number of hydrogen-bond donors (Lipinski definition) is 2. The zero-order valence-electron chi connectivity index (χ0n) is 9.80. The lowest BCUT2D eigenvalue weighted by Crippen LogP contribution is -2.28. The molecule has 0 fully saturated rings. The summed E-state index contributed by atoms with van der Waals surface area (Å²) in [6.07, 6.45) is 0. The van der Waals surface area contributed by atoms with Gasteiger partial charge in [-0.05, 0) is 37.7 Å². The van der Waals surface area contributed by atoms with Gasteiger partial charge in [0.15, 0.2) is 0 Å².